The van der Waals surface area contributed by atoms with Gasteiger partial charge in [0.2, 0.25) is 0 Å². The van der Waals surface area contributed by atoms with Crippen LogP contribution in [0.5, 0.6) is 0 Å². The lowest BCUT2D eigenvalue weighted by Gasteiger charge is -2.15. The third kappa shape index (κ3) is 4.06. The fourth-order valence-corrected chi connectivity index (χ4v) is 2.38. The number of hydrogen-bond donors (Lipinski definition) is 0. The average Bonchev–Trinajstić information content (AvgIpc) is 2.79. The van der Waals surface area contributed by atoms with Crippen molar-refractivity contribution in [3.8, 4) is 0 Å². The van der Waals surface area contributed by atoms with E-state index in [0.29, 0.717) is 23.3 Å². The number of fused-ring (bicyclic) bond motifs is 1. The van der Waals surface area contributed by atoms with Crippen molar-refractivity contribution in [1.29, 1.82) is 0 Å². The van der Waals surface area contributed by atoms with Crippen LogP contribution in [0.1, 0.15) is 0 Å². The molecule has 0 bridgehead atoms. The molecule has 0 fully saturated rings. The number of carbonyl (C=O) groups excluding carboxylic acids is 1. The topological polar surface area (TPSA) is 57.7 Å². The van der Waals surface area contributed by atoms with Crippen LogP contribution in [0.3, 0.4) is 0 Å². The maximum atomic E-state index is 11.7. The second-order valence-corrected chi connectivity index (χ2v) is 11.5. The molecule has 0 N–H and O–H groups in total. The van der Waals surface area contributed by atoms with E-state index in [4.69, 9.17) is 16.1 Å². The van der Waals surface area contributed by atoms with Crippen molar-refractivity contribution >= 4 is 31.0 Å². The summed E-state index contributed by atoms with van der Waals surface area (Å²) in [5, 5.41) is 0. The van der Waals surface area contributed by atoms with E-state index in [1.54, 1.807) is 18.2 Å². The zero-order chi connectivity index (χ0) is 15.5. The van der Waals surface area contributed by atoms with Gasteiger partial charge in [0.1, 0.15) is 6.33 Å². The zero-order valence-electron chi connectivity index (χ0n) is 12.3. The minimum Gasteiger partial charge on any atom is -0.433 e. The fraction of sp³-hybridized carbons (Fsp3) is 0.357. The molecule has 7 heteroatoms. The SMILES string of the molecule is [C-]#[N+]c1ccc2ncn(OC(=O)OCC[Si](C)(C)C)c2c1. The van der Waals surface area contributed by atoms with Crippen LogP contribution in [-0.2, 0) is 4.74 Å². The van der Waals surface area contributed by atoms with Crippen molar-refractivity contribution in [2.45, 2.75) is 25.7 Å². The maximum absolute atomic E-state index is 11.7. The smallest absolute Gasteiger partial charge is 0.433 e. The fourth-order valence-electron chi connectivity index (χ4n) is 1.66. The van der Waals surface area contributed by atoms with Gasteiger partial charge in [-0.25, -0.2) is 14.6 Å². The van der Waals surface area contributed by atoms with Crippen LogP contribution >= 0.6 is 0 Å². The summed E-state index contributed by atoms with van der Waals surface area (Å²) < 4.78 is 6.28. The number of ether oxygens (including phenoxy) is 1. The summed E-state index contributed by atoms with van der Waals surface area (Å²) in [6, 6.07) is 5.87. The number of benzene rings is 1. The van der Waals surface area contributed by atoms with E-state index < -0.39 is 14.2 Å². The highest BCUT2D eigenvalue weighted by atomic mass is 28.3. The Kier molecular flexibility index (Phi) is 4.28. The molecule has 0 aliphatic carbocycles. The largest absolute Gasteiger partial charge is 0.533 e. The Morgan fingerprint density at radius 2 is 2.19 bits per heavy atom. The molecule has 0 aliphatic rings. The van der Waals surface area contributed by atoms with Gasteiger partial charge in [-0.05, 0) is 18.2 Å². The summed E-state index contributed by atoms with van der Waals surface area (Å²) in [4.78, 5) is 24.2. The molecule has 0 amide bonds. The third-order valence-electron chi connectivity index (χ3n) is 2.87. The highest BCUT2D eigenvalue weighted by molar-refractivity contribution is 6.76. The first-order valence-corrected chi connectivity index (χ1v) is 10.3. The number of aromatic nitrogens is 2. The van der Waals surface area contributed by atoms with Crippen molar-refractivity contribution in [1.82, 2.24) is 9.71 Å². The summed E-state index contributed by atoms with van der Waals surface area (Å²) in [6.45, 7) is 14.0. The van der Waals surface area contributed by atoms with Gasteiger partial charge < -0.3 is 4.74 Å². The molecule has 0 radical (unpaired) electrons. The maximum Gasteiger partial charge on any atom is 0.533 e. The number of nitrogens with zero attached hydrogens (tertiary/aromatic N) is 3. The molecule has 0 atom stereocenters. The Morgan fingerprint density at radius 1 is 1.43 bits per heavy atom. The summed E-state index contributed by atoms with van der Waals surface area (Å²) >= 11 is 0. The normalized spacial score (nSPS) is 11.1. The molecular formula is C14H17N3O3Si. The van der Waals surface area contributed by atoms with Gasteiger partial charge in [0.15, 0.2) is 5.69 Å². The van der Waals surface area contributed by atoms with Gasteiger partial charge in [0.05, 0.1) is 24.2 Å². The molecule has 0 unspecified atom stereocenters. The molecule has 0 spiro atoms. The summed E-state index contributed by atoms with van der Waals surface area (Å²) in [7, 11) is -1.24. The monoisotopic (exact) mass is 303 g/mol. The van der Waals surface area contributed by atoms with Crippen LogP contribution in [0.2, 0.25) is 25.7 Å². The van der Waals surface area contributed by atoms with E-state index in [1.807, 2.05) is 0 Å². The quantitative estimate of drug-likeness (QED) is 0.493. The van der Waals surface area contributed by atoms with Gasteiger partial charge in [0, 0.05) is 8.07 Å². The highest BCUT2D eigenvalue weighted by Gasteiger charge is 2.15. The van der Waals surface area contributed by atoms with E-state index in [0.717, 1.165) is 6.04 Å². The number of rotatable bonds is 4. The molecule has 6 nitrogen and oxygen atoms in total. The predicted molar refractivity (Wildman–Crippen MR) is 82.1 cm³/mol. The molecule has 2 aromatic rings. The van der Waals surface area contributed by atoms with E-state index in [1.165, 1.54) is 11.1 Å². The second-order valence-electron chi connectivity index (χ2n) is 5.86. The van der Waals surface area contributed by atoms with E-state index in [-0.39, 0.29) is 0 Å². The number of hydrogen-bond acceptors (Lipinski definition) is 4. The van der Waals surface area contributed by atoms with Crippen molar-refractivity contribution in [3.05, 3.63) is 35.9 Å². The highest BCUT2D eigenvalue weighted by Crippen LogP contribution is 2.19. The minimum absolute atomic E-state index is 0.356. The van der Waals surface area contributed by atoms with Gasteiger partial charge in [-0.3, -0.25) is 4.84 Å². The summed E-state index contributed by atoms with van der Waals surface area (Å²) in [5.74, 6) is 0. The van der Waals surface area contributed by atoms with Gasteiger partial charge in [0.25, 0.3) is 0 Å². The molecule has 0 saturated heterocycles. The molecule has 0 aliphatic heterocycles. The molecule has 1 aromatic carbocycles. The Bertz CT molecular complexity index is 698. The van der Waals surface area contributed by atoms with E-state index in [2.05, 4.69) is 29.5 Å². The van der Waals surface area contributed by atoms with Crippen LogP contribution in [-0.4, -0.2) is 30.6 Å². The van der Waals surface area contributed by atoms with Crippen LogP contribution in [0.15, 0.2) is 24.5 Å². The lowest BCUT2D eigenvalue weighted by Crippen LogP contribution is -2.25. The standard InChI is InChI=1S/C14H17N3O3Si/c1-15-11-5-6-12-13(9-11)17(10-16-12)20-14(18)19-7-8-21(2,3)4/h5-6,9-10H,7-8H2,2-4H3. The summed E-state index contributed by atoms with van der Waals surface area (Å²) in [6.07, 6.45) is 0.624. The average molecular weight is 303 g/mol. The van der Waals surface area contributed by atoms with Crippen LogP contribution < -0.4 is 4.84 Å². The number of carbonyl (C=O) groups is 1. The van der Waals surface area contributed by atoms with Gasteiger partial charge in [-0.15, -0.1) is 0 Å². The molecule has 0 saturated carbocycles. The molecule has 21 heavy (non-hydrogen) atoms. The van der Waals surface area contributed by atoms with Crippen LogP contribution in [0.4, 0.5) is 10.5 Å². The van der Waals surface area contributed by atoms with Crippen molar-refractivity contribution < 1.29 is 14.4 Å². The van der Waals surface area contributed by atoms with E-state index >= 15 is 0 Å². The zero-order valence-corrected chi connectivity index (χ0v) is 13.3. The number of imidazole rings is 1. The van der Waals surface area contributed by atoms with Gasteiger partial charge in [-0.2, -0.15) is 4.73 Å². The van der Waals surface area contributed by atoms with Crippen molar-refractivity contribution in [2.24, 2.45) is 0 Å². The molecule has 1 aromatic heterocycles. The lowest BCUT2D eigenvalue weighted by molar-refractivity contribution is 0.0545. The minimum atomic E-state index is -1.24. The third-order valence-corrected chi connectivity index (χ3v) is 4.58. The summed E-state index contributed by atoms with van der Waals surface area (Å²) in [5.41, 5.74) is 1.67. The lowest BCUT2D eigenvalue weighted by atomic mass is 10.3. The molecular weight excluding hydrogens is 286 g/mol. The molecule has 110 valence electrons. The van der Waals surface area contributed by atoms with E-state index in [9.17, 15) is 4.79 Å². The van der Waals surface area contributed by atoms with Crippen molar-refractivity contribution in [2.75, 3.05) is 6.61 Å². The molecule has 2 rings (SSSR count). The second kappa shape index (κ2) is 5.97. The predicted octanol–water partition coefficient (Wildman–Crippen LogP) is 3.49. The first-order chi connectivity index (χ1) is 9.89. The van der Waals surface area contributed by atoms with Crippen LogP contribution in [0, 0.1) is 6.57 Å². The van der Waals surface area contributed by atoms with Gasteiger partial charge >= 0.3 is 6.16 Å². The van der Waals surface area contributed by atoms with Crippen molar-refractivity contribution in [3.63, 3.8) is 0 Å². The Labute approximate surface area is 124 Å². The first kappa shape index (κ1) is 15.1. The Hall–Kier alpha value is -2.33. The van der Waals surface area contributed by atoms with Crippen LogP contribution in [0.25, 0.3) is 15.9 Å². The Balaban J connectivity index is 2.03. The first-order valence-electron chi connectivity index (χ1n) is 6.59. The molecule has 1 heterocycles. The Morgan fingerprint density at radius 3 is 2.86 bits per heavy atom. The van der Waals surface area contributed by atoms with Gasteiger partial charge in [-0.1, -0.05) is 25.7 Å².